The van der Waals surface area contributed by atoms with Gasteiger partial charge in [-0.05, 0) is 25.0 Å². The molecular formula is C22H32N4O3. The second-order valence-corrected chi connectivity index (χ2v) is 8.13. The van der Waals surface area contributed by atoms with Gasteiger partial charge < -0.3 is 19.3 Å². The Hall–Kier alpha value is -1.96. The largest absolute Gasteiger partial charge is 0.389 e. The van der Waals surface area contributed by atoms with Gasteiger partial charge in [-0.25, -0.2) is 4.98 Å². The highest BCUT2D eigenvalue weighted by molar-refractivity contribution is 5.78. The molecule has 0 spiro atoms. The lowest BCUT2D eigenvalue weighted by Gasteiger charge is -2.36. The van der Waals surface area contributed by atoms with E-state index in [0.29, 0.717) is 13.0 Å². The van der Waals surface area contributed by atoms with Crippen molar-refractivity contribution in [3.63, 3.8) is 0 Å². The van der Waals surface area contributed by atoms with Gasteiger partial charge in [-0.15, -0.1) is 0 Å². The van der Waals surface area contributed by atoms with Crippen LogP contribution in [0.25, 0.3) is 11.0 Å². The Morgan fingerprint density at radius 2 is 2.03 bits per heavy atom. The van der Waals surface area contributed by atoms with Gasteiger partial charge in [-0.2, -0.15) is 0 Å². The van der Waals surface area contributed by atoms with E-state index in [1.165, 1.54) is 0 Å². The maximum Gasteiger partial charge on any atom is 0.224 e. The number of hydrogen-bond donors (Lipinski definition) is 1. The number of likely N-dealkylation sites (N-methyl/N-ethyl adjacent to an activating group) is 1. The van der Waals surface area contributed by atoms with Crippen LogP contribution in [0.1, 0.15) is 32.0 Å². The van der Waals surface area contributed by atoms with Gasteiger partial charge in [0.05, 0.1) is 36.4 Å². The molecule has 4 rings (SSSR count). The predicted octanol–water partition coefficient (Wildman–Crippen LogP) is 1.67. The first-order valence-electron chi connectivity index (χ1n) is 10.8. The number of fused-ring (bicyclic) bond motifs is 1. The maximum absolute atomic E-state index is 12.9. The number of aliphatic hydroxyl groups excluding tert-OH is 1. The van der Waals surface area contributed by atoms with Crippen LogP contribution in [-0.4, -0.2) is 81.9 Å². The molecule has 1 aromatic carbocycles. The zero-order valence-electron chi connectivity index (χ0n) is 17.5. The second kappa shape index (κ2) is 8.81. The van der Waals surface area contributed by atoms with Gasteiger partial charge in [-0.3, -0.25) is 9.69 Å². The minimum atomic E-state index is -0.498. The Morgan fingerprint density at radius 3 is 2.79 bits per heavy atom. The highest BCUT2D eigenvalue weighted by Gasteiger charge is 2.41. The molecule has 7 nitrogen and oxygen atoms in total. The molecule has 0 unspecified atom stereocenters. The number of nitrogens with zero attached hydrogens (tertiary/aromatic N) is 4. The molecule has 1 amide bonds. The summed E-state index contributed by atoms with van der Waals surface area (Å²) in [5.41, 5.74) is 2.05. The summed E-state index contributed by atoms with van der Waals surface area (Å²) in [6.07, 6.45) is 2.52. The molecule has 2 aliphatic rings. The van der Waals surface area contributed by atoms with Crippen molar-refractivity contribution < 1.29 is 14.6 Å². The number of rotatable bonds is 6. The lowest BCUT2D eigenvalue weighted by atomic mass is 10.1. The van der Waals surface area contributed by atoms with Crippen LogP contribution in [0.3, 0.4) is 0 Å². The number of carbonyl (C=O) groups excluding carboxylic acids is 1. The van der Waals surface area contributed by atoms with Gasteiger partial charge in [0, 0.05) is 45.6 Å². The third-order valence-corrected chi connectivity index (χ3v) is 6.55. The van der Waals surface area contributed by atoms with Crippen molar-refractivity contribution in [1.29, 1.82) is 0 Å². The molecule has 1 saturated carbocycles. The van der Waals surface area contributed by atoms with Crippen LogP contribution in [0.5, 0.6) is 0 Å². The van der Waals surface area contributed by atoms with Crippen molar-refractivity contribution in [2.45, 2.75) is 57.3 Å². The number of carbonyl (C=O) groups is 1. The van der Waals surface area contributed by atoms with Gasteiger partial charge in [0.25, 0.3) is 0 Å². The summed E-state index contributed by atoms with van der Waals surface area (Å²) in [5.74, 6) is 1.09. The summed E-state index contributed by atoms with van der Waals surface area (Å²) < 4.78 is 7.58. The molecule has 3 atom stereocenters. The second-order valence-electron chi connectivity index (χ2n) is 8.13. The number of aliphatic hydroxyl groups is 1. The molecule has 1 N–H and O–H groups in total. The molecule has 0 bridgehead atoms. The van der Waals surface area contributed by atoms with Crippen molar-refractivity contribution in [2.75, 3.05) is 33.4 Å². The lowest BCUT2D eigenvalue weighted by Crippen LogP contribution is -2.51. The summed E-state index contributed by atoms with van der Waals surface area (Å²) >= 11 is 0. The molecule has 1 saturated heterocycles. The van der Waals surface area contributed by atoms with E-state index in [-0.39, 0.29) is 18.0 Å². The van der Waals surface area contributed by atoms with Gasteiger partial charge >= 0.3 is 0 Å². The molecule has 1 aliphatic heterocycles. The highest BCUT2D eigenvalue weighted by atomic mass is 16.5. The van der Waals surface area contributed by atoms with E-state index in [9.17, 15) is 9.90 Å². The number of amides is 1. The van der Waals surface area contributed by atoms with Gasteiger partial charge in [0.2, 0.25) is 5.91 Å². The van der Waals surface area contributed by atoms with Crippen LogP contribution >= 0.6 is 0 Å². The fraction of sp³-hybridized carbons (Fsp3) is 0.636. The smallest absolute Gasteiger partial charge is 0.224 e. The Morgan fingerprint density at radius 1 is 1.28 bits per heavy atom. The molecule has 2 fully saturated rings. The zero-order valence-corrected chi connectivity index (χ0v) is 17.5. The molecule has 0 radical (unpaired) electrons. The van der Waals surface area contributed by atoms with Gasteiger partial charge in [0.1, 0.15) is 5.82 Å². The van der Waals surface area contributed by atoms with Crippen molar-refractivity contribution >= 4 is 16.9 Å². The van der Waals surface area contributed by atoms with Crippen LogP contribution in [0.15, 0.2) is 24.3 Å². The number of imidazole rings is 1. The Kier molecular flexibility index (Phi) is 6.18. The van der Waals surface area contributed by atoms with E-state index in [2.05, 4.69) is 27.4 Å². The molecule has 29 heavy (non-hydrogen) atoms. The van der Waals surface area contributed by atoms with Crippen LogP contribution in [0, 0.1) is 0 Å². The van der Waals surface area contributed by atoms with Crippen molar-refractivity contribution in [1.82, 2.24) is 19.4 Å². The average molecular weight is 401 g/mol. The first-order valence-corrected chi connectivity index (χ1v) is 10.8. The fourth-order valence-corrected chi connectivity index (χ4v) is 4.88. The minimum absolute atomic E-state index is 0.0801. The summed E-state index contributed by atoms with van der Waals surface area (Å²) in [4.78, 5) is 21.7. The summed E-state index contributed by atoms with van der Waals surface area (Å²) in [5, 5.41) is 10.9. The van der Waals surface area contributed by atoms with Crippen LogP contribution in [0.4, 0.5) is 0 Å². The van der Waals surface area contributed by atoms with E-state index in [1.54, 1.807) is 4.90 Å². The molecular weight excluding hydrogens is 368 g/mol. The predicted molar refractivity (Wildman–Crippen MR) is 112 cm³/mol. The fourth-order valence-electron chi connectivity index (χ4n) is 4.88. The molecule has 2 heterocycles. The first-order chi connectivity index (χ1) is 14.1. The lowest BCUT2D eigenvalue weighted by molar-refractivity contribution is -0.134. The third-order valence-electron chi connectivity index (χ3n) is 6.55. The third kappa shape index (κ3) is 4.04. The normalized spacial score (nSPS) is 25.6. The number of morpholine rings is 1. The average Bonchev–Trinajstić information content (AvgIpc) is 3.32. The Labute approximate surface area is 172 Å². The Bertz CT molecular complexity index is 846. The molecule has 1 aliphatic carbocycles. The number of aromatic nitrogens is 2. The topological polar surface area (TPSA) is 70.8 Å². The summed E-state index contributed by atoms with van der Waals surface area (Å²) in [7, 11) is 1.84. The molecule has 158 valence electrons. The monoisotopic (exact) mass is 400 g/mol. The van der Waals surface area contributed by atoms with Gasteiger partial charge in [0.15, 0.2) is 0 Å². The van der Waals surface area contributed by atoms with E-state index in [1.807, 2.05) is 25.2 Å². The van der Waals surface area contributed by atoms with E-state index >= 15 is 0 Å². The number of ether oxygens (including phenoxy) is 1. The quantitative estimate of drug-likeness (QED) is 0.799. The Balaban J connectivity index is 1.39. The number of benzene rings is 1. The number of hydrogen-bond acceptors (Lipinski definition) is 5. The zero-order chi connectivity index (χ0) is 20.4. The van der Waals surface area contributed by atoms with Crippen molar-refractivity contribution in [3.8, 4) is 0 Å². The maximum atomic E-state index is 12.9. The van der Waals surface area contributed by atoms with E-state index in [4.69, 9.17) is 4.74 Å². The first kappa shape index (κ1) is 20.3. The van der Waals surface area contributed by atoms with Gasteiger partial charge in [-0.1, -0.05) is 19.1 Å². The minimum Gasteiger partial charge on any atom is -0.389 e. The number of para-hydroxylation sites is 2. The van der Waals surface area contributed by atoms with E-state index in [0.717, 1.165) is 62.4 Å². The molecule has 2 aromatic rings. The van der Waals surface area contributed by atoms with Crippen LogP contribution in [-0.2, 0) is 22.5 Å². The van der Waals surface area contributed by atoms with Crippen molar-refractivity contribution in [2.24, 2.45) is 0 Å². The molecule has 7 heteroatoms. The summed E-state index contributed by atoms with van der Waals surface area (Å²) in [6, 6.07) is 8.09. The van der Waals surface area contributed by atoms with E-state index < -0.39 is 6.10 Å². The van der Waals surface area contributed by atoms with Crippen LogP contribution < -0.4 is 0 Å². The summed E-state index contributed by atoms with van der Waals surface area (Å²) in [6.45, 7) is 5.87. The highest BCUT2D eigenvalue weighted by Crippen LogP contribution is 2.29. The number of aryl methyl sites for hydroxylation is 2. The SMILES string of the molecule is CCc1nc2ccccc2n1CCC(=O)N(C)[C@@H]1CC[C@@H](N2CCOCC2)[C@@H]1O. The standard InChI is InChI=1S/C22H32N4O3/c1-3-20-23-16-6-4-5-7-17(16)26(20)11-10-21(27)24(2)18-8-9-19(22(18)28)25-12-14-29-15-13-25/h4-7,18-19,22,28H,3,8-15H2,1-2H3/t18-,19-,22-/m1/s1. The van der Waals surface area contributed by atoms with Crippen LogP contribution in [0.2, 0.25) is 0 Å². The molecule has 1 aromatic heterocycles. The van der Waals surface area contributed by atoms with Crippen molar-refractivity contribution in [3.05, 3.63) is 30.1 Å².